The minimum atomic E-state index is -0.809. The molecule has 0 radical (unpaired) electrons. The van der Waals surface area contributed by atoms with Crippen LogP contribution in [0.25, 0.3) is 0 Å². The molecule has 0 aliphatic heterocycles. The molecule has 18 heavy (non-hydrogen) atoms. The van der Waals surface area contributed by atoms with E-state index in [4.69, 9.17) is 0 Å². The molecule has 1 aromatic heterocycles. The second-order valence-electron chi connectivity index (χ2n) is 4.05. The summed E-state index contributed by atoms with van der Waals surface area (Å²) in [7, 11) is 1.79. The number of thiazole rings is 1. The summed E-state index contributed by atoms with van der Waals surface area (Å²) in [4.78, 5) is 4.37. The summed E-state index contributed by atoms with van der Waals surface area (Å²) in [6.45, 7) is 1.92. The molecule has 2 nitrogen and oxygen atoms in total. The van der Waals surface area contributed by atoms with Gasteiger partial charge in [0.1, 0.15) is 0 Å². The third kappa shape index (κ3) is 2.73. The van der Waals surface area contributed by atoms with Crippen molar-refractivity contribution in [1.82, 2.24) is 10.3 Å². The van der Waals surface area contributed by atoms with Crippen LogP contribution in [-0.2, 0) is 6.42 Å². The predicted octanol–water partition coefficient (Wildman–Crippen LogP) is 3.23. The van der Waals surface area contributed by atoms with E-state index in [2.05, 4.69) is 10.3 Å². The first-order chi connectivity index (χ1) is 8.61. The minimum Gasteiger partial charge on any atom is -0.311 e. The van der Waals surface area contributed by atoms with Crippen molar-refractivity contribution in [3.05, 3.63) is 51.5 Å². The summed E-state index contributed by atoms with van der Waals surface area (Å²) in [6, 6.07) is 4.14. The molecule has 2 rings (SSSR count). The van der Waals surface area contributed by atoms with Crippen LogP contribution in [0.2, 0.25) is 0 Å². The van der Waals surface area contributed by atoms with Crippen molar-refractivity contribution >= 4 is 11.3 Å². The minimum absolute atomic E-state index is 0.105. The largest absolute Gasteiger partial charge is 0.311 e. The van der Waals surface area contributed by atoms with E-state index < -0.39 is 11.6 Å². The molecule has 1 N–H and O–H groups in total. The maximum atomic E-state index is 13.6. The molecule has 1 unspecified atom stereocenters. The van der Waals surface area contributed by atoms with Gasteiger partial charge in [-0.2, -0.15) is 0 Å². The topological polar surface area (TPSA) is 24.9 Å². The second-order valence-corrected chi connectivity index (χ2v) is 5.11. The summed E-state index contributed by atoms with van der Waals surface area (Å²) in [5, 5.41) is 5.98. The summed E-state index contributed by atoms with van der Waals surface area (Å²) >= 11 is 1.55. The second kappa shape index (κ2) is 5.54. The molecule has 1 atom stereocenters. The SMILES string of the molecule is CNC(Cc1cccc(F)c1F)c1csc(C)n1. The third-order valence-electron chi connectivity index (χ3n) is 2.80. The van der Waals surface area contributed by atoms with Crippen LogP contribution in [0.4, 0.5) is 8.78 Å². The highest BCUT2D eigenvalue weighted by Gasteiger charge is 2.16. The zero-order chi connectivity index (χ0) is 13.1. The number of aromatic nitrogens is 1. The van der Waals surface area contributed by atoms with E-state index in [9.17, 15) is 8.78 Å². The Hall–Kier alpha value is -1.33. The number of halogens is 2. The fourth-order valence-corrected chi connectivity index (χ4v) is 2.49. The van der Waals surface area contributed by atoms with Crippen molar-refractivity contribution in [2.24, 2.45) is 0 Å². The van der Waals surface area contributed by atoms with Gasteiger partial charge < -0.3 is 5.32 Å². The Morgan fingerprint density at radius 2 is 2.17 bits per heavy atom. The zero-order valence-corrected chi connectivity index (χ0v) is 11.0. The molecule has 0 fully saturated rings. The van der Waals surface area contributed by atoms with Gasteiger partial charge in [-0.25, -0.2) is 13.8 Å². The van der Waals surface area contributed by atoms with Crippen molar-refractivity contribution in [3.63, 3.8) is 0 Å². The first-order valence-corrected chi connectivity index (χ1v) is 6.52. The predicted molar refractivity (Wildman–Crippen MR) is 68.7 cm³/mol. The smallest absolute Gasteiger partial charge is 0.162 e. The monoisotopic (exact) mass is 268 g/mol. The lowest BCUT2D eigenvalue weighted by Gasteiger charge is -2.14. The van der Waals surface area contributed by atoms with Gasteiger partial charge in [-0.05, 0) is 32.0 Å². The first-order valence-electron chi connectivity index (χ1n) is 5.64. The lowest BCUT2D eigenvalue weighted by atomic mass is 10.0. The normalized spacial score (nSPS) is 12.7. The van der Waals surface area contributed by atoms with E-state index in [-0.39, 0.29) is 6.04 Å². The Morgan fingerprint density at radius 3 is 2.78 bits per heavy atom. The number of likely N-dealkylation sites (N-methyl/N-ethyl adjacent to an activating group) is 1. The lowest BCUT2D eigenvalue weighted by molar-refractivity contribution is 0.485. The van der Waals surface area contributed by atoms with Crippen molar-refractivity contribution in [2.45, 2.75) is 19.4 Å². The number of hydrogen-bond acceptors (Lipinski definition) is 3. The van der Waals surface area contributed by atoms with Crippen molar-refractivity contribution < 1.29 is 8.78 Å². The highest BCUT2D eigenvalue weighted by Crippen LogP contribution is 2.22. The van der Waals surface area contributed by atoms with E-state index in [1.807, 2.05) is 12.3 Å². The maximum Gasteiger partial charge on any atom is 0.162 e. The van der Waals surface area contributed by atoms with Gasteiger partial charge in [0.15, 0.2) is 11.6 Å². The summed E-state index contributed by atoms with van der Waals surface area (Å²) in [5.41, 5.74) is 1.23. The molecule has 0 aliphatic carbocycles. The van der Waals surface area contributed by atoms with Gasteiger partial charge in [-0.15, -0.1) is 11.3 Å². The number of benzene rings is 1. The van der Waals surface area contributed by atoms with Gasteiger partial charge in [0.2, 0.25) is 0 Å². The summed E-state index contributed by atoms with van der Waals surface area (Å²) in [5.74, 6) is -1.58. The molecule has 1 heterocycles. The average Bonchev–Trinajstić information content (AvgIpc) is 2.78. The van der Waals surface area contributed by atoms with Crippen LogP contribution in [0.1, 0.15) is 22.3 Å². The lowest BCUT2D eigenvalue weighted by Crippen LogP contribution is -2.20. The van der Waals surface area contributed by atoms with E-state index in [1.165, 1.54) is 6.07 Å². The molecule has 0 saturated heterocycles. The Balaban J connectivity index is 2.23. The van der Waals surface area contributed by atoms with Gasteiger partial charge in [-0.1, -0.05) is 12.1 Å². The third-order valence-corrected chi connectivity index (χ3v) is 3.59. The van der Waals surface area contributed by atoms with Crippen molar-refractivity contribution in [2.75, 3.05) is 7.05 Å². The van der Waals surface area contributed by atoms with Crippen LogP contribution < -0.4 is 5.32 Å². The summed E-state index contributed by atoms with van der Waals surface area (Å²) in [6.07, 6.45) is 0.378. The number of nitrogens with one attached hydrogen (secondary N) is 1. The molecule has 0 saturated carbocycles. The summed E-state index contributed by atoms with van der Waals surface area (Å²) < 4.78 is 26.7. The van der Waals surface area contributed by atoms with Gasteiger partial charge in [-0.3, -0.25) is 0 Å². The molecule has 2 aromatic rings. The average molecular weight is 268 g/mol. The Bertz CT molecular complexity index is 540. The van der Waals surface area contributed by atoms with E-state index in [0.29, 0.717) is 12.0 Å². The van der Waals surface area contributed by atoms with Crippen LogP contribution in [0.3, 0.4) is 0 Å². The molecule has 0 bridgehead atoms. The van der Waals surface area contributed by atoms with Crippen molar-refractivity contribution in [1.29, 1.82) is 0 Å². The van der Waals surface area contributed by atoms with Gasteiger partial charge in [0.05, 0.1) is 16.7 Å². The van der Waals surface area contributed by atoms with Crippen LogP contribution in [0.5, 0.6) is 0 Å². The maximum absolute atomic E-state index is 13.6. The highest BCUT2D eigenvalue weighted by molar-refractivity contribution is 7.09. The molecule has 5 heteroatoms. The number of nitrogens with zero attached hydrogens (tertiary/aromatic N) is 1. The molecule has 96 valence electrons. The molecule has 0 spiro atoms. The number of hydrogen-bond donors (Lipinski definition) is 1. The van der Waals surface area contributed by atoms with Crippen LogP contribution in [-0.4, -0.2) is 12.0 Å². The molecule has 1 aromatic carbocycles. The fraction of sp³-hybridized carbons (Fsp3) is 0.308. The molecule has 0 aliphatic rings. The van der Waals surface area contributed by atoms with Gasteiger partial charge in [0, 0.05) is 5.38 Å². The fourth-order valence-electron chi connectivity index (χ4n) is 1.82. The molecular weight excluding hydrogens is 254 g/mol. The van der Waals surface area contributed by atoms with Crippen LogP contribution in [0, 0.1) is 18.6 Å². The van der Waals surface area contributed by atoms with E-state index in [1.54, 1.807) is 24.5 Å². The molecular formula is C13H14F2N2S. The van der Waals surface area contributed by atoms with Crippen LogP contribution in [0.15, 0.2) is 23.6 Å². The Kier molecular flexibility index (Phi) is 4.04. The van der Waals surface area contributed by atoms with Gasteiger partial charge >= 0.3 is 0 Å². The Morgan fingerprint density at radius 1 is 1.39 bits per heavy atom. The number of rotatable bonds is 4. The highest BCUT2D eigenvalue weighted by atomic mass is 32.1. The van der Waals surface area contributed by atoms with Crippen LogP contribution >= 0.6 is 11.3 Å². The number of aryl methyl sites for hydroxylation is 1. The Labute approximate surface area is 109 Å². The van der Waals surface area contributed by atoms with E-state index >= 15 is 0 Å². The van der Waals surface area contributed by atoms with Gasteiger partial charge in [0.25, 0.3) is 0 Å². The standard InChI is InChI=1S/C13H14F2N2S/c1-8-17-12(7-18-8)11(16-2)6-9-4-3-5-10(14)13(9)15/h3-5,7,11,16H,6H2,1-2H3. The zero-order valence-electron chi connectivity index (χ0n) is 10.2. The molecule has 0 amide bonds. The quantitative estimate of drug-likeness (QED) is 0.921. The first kappa shape index (κ1) is 13.1. The van der Waals surface area contributed by atoms with E-state index in [0.717, 1.165) is 16.8 Å². The van der Waals surface area contributed by atoms with Crippen molar-refractivity contribution in [3.8, 4) is 0 Å².